The predicted molar refractivity (Wildman–Crippen MR) is 79.8 cm³/mol. The SMILES string of the molecule is C=CCNC(=O)CCN(Cc1ccccc1)C(C)C. The van der Waals surface area contributed by atoms with E-state index in [1.54, 1.807) is 6.08 Å². The van der Waals surface area contributed by atoms with Crippen molar-refractivity contribution in [3.8, 4) is 0 Å². The van der Waals surface area contributed by atoms with E-state index >= 15 is 0 Å². The summed E-state index contributed by atoms with van der Waals surface area (Å²) in [5.74, 6) is 0.0820. The van der Waals surface area contributed by atoms with Gasteiger partial charge in [0, 0.05) is 32.1 Å². The topological polar surface area (TPSA) is 32.3 Å². The highest BCUT2D eigenvalue weighted by molar-refractivity contribution is 5.76. The molecule has 104 valence electrons. The van der Waals surface area contributed by atoms with Gasteiger partial charge < -0.3 is 5.32 Å². The second kappa shape index (κ2) is 8.48. The van der Waals surface area contributed by atoms with Gasteiger partial charge in [0.25, 0.3) is 0 Å². The molecule has 0 unspecified atom stereocenters. The fourth-order valence-corrected chi connectivity index (χ4v) is 1.86. The molecule has 0 aliphatic carbocycles. The lowest BCUT2D eigenvalue weighted by atomic mass is 10.2. The van der Waals surface area contributed by atoms with Crippen molar-refractivity contribution >= 4 is 5.91 Å². The summed E-state index contributed by atoms with van der Waals surface area (Å²) in [5.41, 5.74) is 1.28. The highest BCUT2D eigenvalue weighted by atomic mass is 16.1. The molecule has 0 heterocycles. The van der Waals surface area contributed by atoms with Crippen LogP contribution in [0.5, 0.6) is 0 Å². The molecule has 0 saturated heterocycles. The quantitative estimate of drug-likeness (QED) is 0.729. The van der Waals surface area contributed by atoms with Gasteiger partial charge in [-0.3, -0.25) is 9.69 Å². The molecule has 0 saturated carbocycles. The Morgan fingerprint density at radius 2 is 2.05 bits per heavy atom. The van der Waals surface area contributed by atoms with Gasteiger partial charge in [-0.15, -0.1) is 6.58 Å². The average Bonchev–Trinajstić information content (AvgIpc) is 2.41. The first kappa shape index (κ1) is 15.4. The van der Waals surface area contributed by atoms with E-state index in [-0.39, 0.29) is 5.91 Å². The maximum absolute atomic E-state index is 11.6. The average molecular weight is 260 g/mol. The van der Waals surface area contributed by atoms with Crippen LogP contribution in [0.3, 0.4) is 0 Å². The predicted octanol–water partition coefficient (Wildman–Crippen LogP) is 2.59. The molecular weight excluding hydrogens is 236 g/mol. The highest BCUT2D eigenvalue weighted by Gasteiger charge is 2.11. The van der Waals surface area contributed by atoms with Crippen molar-refractivity contribution in [3.05, 3.63) is 48.6 Å². The maximum atomic E-state index is 11.6. The van der Waals surface area contributed by atoms with Crippen molar-refractivity contribution in [2.24, 2.45) is 0 Å². The van der Waals surface area contributed by atoms with Crippen LogP contribution in [0.2, 0.25) is 0 Å². The van der Waals surface area contributed by atoms with Gasteiger partial charge in [-0.25, -0.2) is 0 Å². The zero-order chi connectivity index (χ0) is 14.1. The van der Waals surface area contributed by atoms with Gasteiger partial charge in [0.1, 0.15) is 0 Å². The van der Waals surface area contributed by atoms with Crippen LogP contribution in [-0.2, 0) is 11.3 Å². The standard InChI is InChI=1S/C16H24N2O/c1-4-11-17-16(19)10-12-18(14(2)3)13-15-8-6-5-7-9-15/h4-9,14H,1,10-13H2,2-3H3,(H,17,19). The summed E-state index contributed by atoms with van der Waals surface area (Å²) in [5, 5.41) is 2.81. The third-order valence-corrected chi connectivity index (χ3v) is 3.03. The first-order chi connectivity index (χ1) is 9.13. The smallest absolute Gasteiger partial charge is 0.221 e. The molecule has 0 spiro atoms. The first-order valence-corrected chi connectivity index (χ1v) is 6.79. The number of amides is 1. The van der Waals surface area contributed by atoms with Gasteiger partial charge in [-0.05, 0) is 19.4 Å². The highest BCUT2D eigenvalue weighted by Crippen LogP contribution is 2.08. The molecular formula is C16H24N2O. The third kappa shape index (κ3) is 6.20. The van der Waals surface area contributed by atoms with Gasteiger partial charge in [-0.2, -0.15) is 0 Å². The third-order valence-electron chi connectivity index (χ3n) is 3.03. The molecule has 0 atom stereocenters. The molecule has 0 aliphatic heterocycles. The largest absolute Gasteiger partial charge is 0.353 e. The lowest BCUT2D eigenvalue weighted by molar-refractivity contribution is -0.121. The van der Waals surface area contributed by atoms with Gasteiger partial charge in [0.2, 0.25) is 5.91 Å². The number of nitrogens with zero attached hydrogens (tertiary/aromatic N) is 1. The van der Waals surface area contributed by atoms with E-state index in [2.05, 4.69) is 42.8 Å². The molecule has 0 aromatic heterocycles. The van der Waals surface area contributed by atoms with Gasteiger partial charge in [0.15, 0.2) is 0 Å². The summed E-state index contributed by atoms with van der Waals surface area (Å²) in [6, 6.07) is 10.8. The lowest BCUT2D eigenvalue weighted by Gasteiger charge is -2.26. The Morgan fingerprint density at radius 3 is 2.63 bits per heavy atom. The number of carbonyl (C=O) groups excluding carboxylic acids is 1. The Kier molecular flexibility index (Phi) is 6.90. The molecule has 0 fully saturated rings. The minimum absolute atomic E-state index is 0.0820. The van der Waals surface area contributed by atoms with E-state index in [9.17, 15) is 4.79 Å². The molecule has 3 nitrogen and oxygen atoms in total. The van der Waals surface area contributed by atoms with E-state index in [0.29, 0.717) is 19.0 Å². The monoisotopic (exact) mass is 260 g/mol. The number of nitrogens with one attached hydrogen (secondary N) is 1. The Morgan fingerprint density at radius 1 is 1.37 bits per heavy atom. The van der Waals surface area contributed by atoms with E-state index in [4.69, 9.17) is 0 Å². The molecule has 1 aromatic rings. The Bertz CT molecular complexity index is 387. The van der Waals surface area contributed by atoms with Crippen molar-refractivity contribution in [3.63, 3.8) is 0 Å². The molecule has 1 N–H and O–H groups in total. The van der Waals surface area contributed by atoms with Gasteiger partial charge in [-0.1, -0.05) is 36.4 Å². The molecule has 0 bridgehead atoms. The number of hydrogen-bond acceptors (Lipinski definition) is 2. The van der Waals surface area contributed by atoms with Crippen LogP contribution in [0.25, 0.3) is 0 Å². The van der Waals surface area contributed by atoms with Crippen LogP contribution in [0, 0.1) is 0 Å². The fraction of sp³-hybridized carbons (Fsp3) is 0.438. The Hall–Kier alpha value is -1.61. The zero-order valence-electron chi connectivity index (χ0n) is 11.9. The normalized spacial score (nSPS) is 10.7. The summed E-state index contributed by atoms with van der Waals surface area (Å²) in [6.45, 7) is 10.1. The summed E-state index contributed by atoms with van der Waals surface area (Å²) >= 11 is 0. The molecule has 19 heavy (non-hydrogen) atoms. The maximum Gasteiger partial charge on any atom is 0.221 e. The second-order valence-electron chi connectivity index (χ2n) is 4.89. The molecule has 1 rings (SSSR count). The molecule has 0 radical (unpaired) electrons. The van der Waals surface area contributed by atoms with Crippen molar-refractivity contribution in [2.75, 3.05) is 13.1 Å². The van der Waals surface area contributed by atoms with Crippen molar-refractivity contribution < 1.29 is 4.79 Å². The van der Waals surface area contributed by atoms with Gasteiger partial charge >= 0.3 is 0 Å². The number of benzene rings is 1. The minimum atomic E-state index is 0.0820. The van der Waals surface area contributed by atoms with Crippen LogP contribution >= 0.6 is 0 Å². The Balaban J connectivity index is 2.45. The van der Waals surface area contributed by atoms with Gasteiger partial charge in [0.05, 0.1) is 0 Å². The van der Waals surface area contributed by atoms with E-state index in [1.807, 2.05) is 18.2 Å². The molecule has 0 aliphatic rings. The van der Waals surface area contributed by atoms with Crippen molar-refractivity contribution in [1.29, 1.82) is 0 Å². The summed E-state index contributed by atoms with van der Waals surface area (Å²) in [7, 11) is 0. The van der Waals surface area contributed by atoms with E-state index in [0.717, 1.165) is 13.1 Å². The van der Waals surface area contributed by atoms with E-state index < -0.39 is 0 Å². The molecule has 1 aromatic carbocycles. The lowest BCUT2D eigenvalue weighted by Crippen LogP contribution is -2.34. The summed E-state index contributed by atoms with van der Waals surface area (Å²) in [6.07, 6.45) is 2.22. The number of carbonyl (C=O) groups is 1. The number of hydrogen-bond donors (Lipinski definition) is 1. The molecule has 3 heteroatoms. The summed E-state index contributed by atoms with van der Waals surface area (Å²) < 4.78 is 0. The summed E-state index contributed by atoms with van der Waals surface area (Å²) in [4.78, 5) is 13.9. The van der Waals surface area contributed by atoms with Crippen LogP contribution in [0.15, 0.2) is 43.0 Å². The van der Waals surface area contributed by atoms with Crippen LogP contribution in [0.1, 0.15) is 25.8 Å². The zero-order valence-corrected chi connectivity index (χ0v) is 11.9. The second-order valence-corrected chi connectivity index (χ2v) is 4.89. The van der Waals surface area contributed by atoms with Crippen LogP contribution < -0.4 is 5.32 Å². The van der Waals surface area contributed by atoms with E-state index in [1.165, 1.54) is 5.56 Å². The fourth-order valence-electron chi connectivity index (χ4n) is 1.86. The Labute approximate surface area is 116 Å². The van der Waals surface area contributed by atoms with Crippen LogP contribution in [0.4, 0.5) is 0 Å². The minimum Gasteiger partial charge on any atom is -0.353 e. The van der Waals surface area contributed by atoms with Crippen molar-refractivity contribution in [1.82, 2.24) is 10.2 Å². The number of rotatable bonds is 8. The molecule has 1 amide bonds. The van der Waals surface area contributed by atoms with Crippen LogP contribution in [-0.4, -0.2) is 29.9 Å². The van der Waals surface area contributed by atoms with Crippen molar-refractivity contribution in [2.45, 2.75) is 32.9 Å². The first-order valence-electron chi connectivity index (χ1n) is 6.79.